The second kappa shape index (κ2) is 3.82. The molecule has 2 aromatic rings. The SMILES string of the molecule is NCc1nocc1-c1cccc(Cl)c1. The molecule has 1 aromatic heterocycles. The topological polar surface area (TPSA) is 52.0 Å². The van der Waals surface area contributed by atoms with Gasteiger partial charge in [-0.15, -0.1) is 0 Å². The van der Waals surface area contributed by atoms with Gasteiger partial charge in [0.25, 0.3) is 0 Å². The van der Waals surface area contributed by atoms with Crippen molar-refractivity contribution in [2.75, 3.05) is 0 Å². The molecule has 0 aliphatic rings. The lowest BCUT2D eigenvalue weighted by Gasteiger charge is -1.99. The third-order valence-electron chi connectivity index (χ3n) is 1.97. The predicted molar refractivity (Wildman–Crippen MR) is 54.8 cm³/mol. The molecule has 72 valence electrons. The summed E-state index contributed by atoms with van der Waals surface area (Å²) in [5, 5.41) is 4.48. The Hall–Kier alpha value is -1.32. The zero-order valence-electron chi connectivity index (χ0n) is 7.40. The number of halogens is 1. The molecule has 0 saturated heterocycles. The van der Waals surface area contributed by atoms with Crippen LogP contribution in [0.3, 0.4) is 0 Å². The van der Waals surface area contributed by atoms with E-state index in [1.807, 2.05) is 24.3 Å². The zero-order chi connectivity index (χ0) is 9.97. The third-order valence-corrected chi connectivity index (χ3v) is 2.21. The molecular formula is C10H9ClN2O. The van der Waals surface area contributed by atoms with E-state index >= 15 is 0 Å². The highest BCUT2D eigenvalue weighted by molar-refractivity contribution is 6.30. The van der Waals surface area contributed by atoms with Crippen molar-refractivity contribution in [3.05, 3.63) is 41.2 Å². The summed E-state index contributed by atoms with van der Waals surface area (Å²) < 4.78 is 4.86. The number of hydrogen-bond acceptors (Lipinski definition) is 3. The molecular weight excluding hydrogens is 200 g/mol. The number of aromatic nitrogens is 1. The molecule has 0 fully saturated rings. The molecule has 1 heterocycles. The molecule has 0 unspecified atom stereocenters. The van der Waals surface area contributed by atoms with Crippen molar-refractivity contribution in [1.82, 2.24) is 5.16 Å². The molecule has 4 heteroatoms. The number of nitrogens with zero attached hydrogens (tertiary/aromatic N) is 1. The first-order valence-corrected chi connectivity index (χ1v) is 4.58. The van der Waals surface area contributed by atoms with E-state index in [1.165, 1.54) is 0 Å². The second-order valence-corrected chi connectivity index (χ2v) is 3.33. The maximum atomic E-state index is 5.88. The molecule has 0 aliphatic carbocycles. The van der Waals surface area contributed by atoms with E-state index in [4.69, 9.17) is 21.9 Å². The number of nitrogens with two attached hydrogens (primary N) is 1. The minimum Gasteiger partial charge on any atom is -0.364 e. The van der Waals surface area contributed by atoms with Gasteiger partial charge in [-0.2, -0.15) is 0 Å². The first-order chi connectivity index (χ1) is 6.81. The fraction of sp³-hybridized carbons (Fsp3) is 0.100. The Morgan fingerprint density at radius 1 is 1.43 bits per heavy atom. The zero-order valence-corrected chi connectivity index (χ0v) is 8.16. The summed E-state index contributed by atoms with van der Waals surface area (Å²) in [4.78, 5) is 0. The maximum Gasteiger partial charge on any atom is 0.131 e. The van der Waals surface area contributed by atoms with Gasteiger partial charge in [-0.05, 0) is 17.7 Å². The van der Waals surface area contributed by atoms with Crippen molar-refractivity contribution < 1.29 is 4.52 Å². The van der Waals surface area contributed by atoms with Gasteiger partial charge in [-0.25, -0.2) is 0 Å². The summed E-state index contributed by atoms with van der Waals surface area (Å²) in [6.45, 7) is 0.359. The van der Waals surface area contributed by atoms with Gasteiger partial charge in [0.2, 0.25) is 0 Å². The van der Waals surface area contributed by atoms with Crippen LogP contribution in [0.15, 0.2) is 35.1 Å². The normalized spacial score (nSPS) is 10.4. The van der Waals surface area contributed by atoms with Crippen molar-refractivity contribution >= 4 is 11.6 Å². The van der Waals surface area contributed by atoms with Gasteiger partial charge < -0.3 is 10.3 Å². The van der Waals surface area contributed by atoms with Crippen molar-refractivity contribution in [2.24, 2.45) is 5.73 Å². The largest absolute Gasteiger partial charge is 0.364 e. The van der Waals surface area contributed by atoms with Crippen LogP contribution >= 0.6 is 11.6 Å². The Kier molecular flexibility index (Phi) is 2.52. The highest BCUT2D eigenvalue weighted by Gasteiger charge is 2.08. The minimum absolute atomic E-state index is 0.359. The molecule has 1 aromatic carbocycles. The van der Waals surface area contributed by atoms with Gasteiger partial charge in [-0.3, -0.25) is 0 Å². The molecule has 0 spiro atoms. The highest BCUT2D eigenvalue weighted by Crippen LogP contribution is 2.25. The van der Waals surface area contributed by atoms with Gasteiger partial charge in [0.05, 0.1) is 0 Å². The summed E-state index contributed by atoms with van der Waals surface area (Å²) in [6, 6.07) is 7.50. The van der Waals surface area contributed by atoms with Crippen LogP contribution < -0.4 is 5.73 Å². The Balaban J connectivity index is 2.49. The third kappa shape index (κ3) is 1.64. The molecule has 0 bridgehead atoms. The van der Waals surface area contributed by atoms with Crippen LogP contribution in [-0.2, 0) is 6.54 Å². The molecule has 14 heavy (non-hydrogen) atoms. The second-order valence-electron chi connectivity index (χ2n) is 2.89. The first kappa shape index (κ1) is 9.24. The summed E-state index contributed by atoms with van der Waals surface area (Å²) in [5.41, 5.74) is 8.13. The van der Waals surface area contributed by atoms with E-state index in [9.17, 15) is 0 Å². The lowest BCUT2D eigenvalue weighted by atomic mass is 10.1. The number of hydrogen-bond donors (Lipinski definition) is 1. The minimum atomic E-state index is 0.359. The fourth-order valence-corrected chi connectivity index (χ4v) is 1.49. The molecule has 2 N–H and O–H groups in total. The van der Waals surface area contributed by atoms with E-state index in [1.54, 1.807) is 6.26 Å². The maximum absolute atomic E-state index is 5.88. The Labute approximate surface area is 86.5 Å². The van der Waals surface area contributed by atoms with E-state index in [0.29, 0.717) is 11.6 Å². The van der Waals surface area contributed by atoms with Crippen LogP contribution in [0.2, 0.25) is 5.02 Å². The highest BCUT2D eigenvalue weighted by atomic mass is 35.5. The van der Waals surface area contributed by atoms with Gasteiger partial charge >= 0.3 is 0 Å². The summed E-state index contributed by atoms with van der Waals surface area (Å²) in [6.07, 6.45) is 1.58. The number of rotatable bonds is 2. The lowest BCUT2D eigenvalue weighted by Crippen LogP contribution is -1.97. The Bertz CT molecular complexity index is 439. The van der Waals surface area contributed by atoms with Crippen LogP contribution in [0.4, 0.5) is 0 Å². The van der Waals surface area contributed by atoms with E-state index < -0.39 is 0 Å². The number of benzene rings is 1. The fourth-order valence-electron chi connectivity index (χ4n) is 1.30. The molecule has 0 saturated carbocycles. The van der Waals surface area contributed by atoms with Crippen LogP contribution in [0.5, 0.6) is 0 Å². The molecule has 0 aliphatic heterocycles. The van der Waals surface area contributed by atoms with E-state index in [2.05, 4.69) is 5.16 Å². The van der Waals surface area contributed by atoms with Crippen LogP contribution in [0, 0.1) is 0 Å². The molecule has 0 amide bonds. The van der Waals surface area contributed by atoms with Gasteiger partial charge in [0.15, 0.2) is 0 Å². The average Bonchev–Trinajstić information content (AvgIpc) is 2.65. The van der Waals surface area contributed by atoms with Crippen LogP contribution in [-0.4, -0.2) is 5.16 Å². The Morgan fingerprint density at radius 2 is 2.29 bits per heavy atom. The molecule has 3 nitrogen and oxygen atoms in total. The predicted octanol–water partition coefficient (Wildman–Crippen LogP) is 2.45. The summed E-state index contributed by atoms with van der Waals surface area (Å²) in [5.74, 6) is 0. The Morgan fingerprint density at radius 3 is 3.00 bits per heavy atom. The van der Waals surface area contributed by atoms with Crippen molar-refractivity contribution in [3.63, 3.8) is 0 Å². The lowest BCUT2D eigenvalue weighted by molar-refractivity contribution is 0.412. The summed E-state index contributed by atoms with van der Waals surface area (Å²) >= 11 is 5.88. The van der Waals surface area contributed by atoms with Gasteiger partial charge in [0.1, 0.15) is 12.0 Å². The molecule has 2 rings (SSSR count). The van der Waals surface area contributed by atoms with Crippen molar-refractivity contribution in [2.45, 2.75) is 6.54 Å². The molecule has 0 radical (unpaired) electrons. The van der Waals surface area contributed by atoms with E-state index in [0.717, 1.165) is 16.8 Å². The monoisotopic (exact) mass is 208 g/mol. The quantitative estimate of drug-likeness (QED) is 0.825. The average molecular weight is 209 g/mol. The van der Waals surface area contributed by atoms with Gasteiger partial charge in [-0.1, -0.05) is 28.9 Å². The summed E-state index contributed by atoms with van der Waals surface area (Å²) in [7, 11) is 0. The standard InChI is InChI=1S/C10H9ClN2O/c11-8-3-1-2-7(4-8)9-6-14-13-10(9)5-12/h1-4,6H,5,12H2. The van der Waals surface area contributed by atoms with Crippen molar-refractivity contribution in [1.29, 1.82) is 0 Å². The van der Waals surface area contributed by atoms with Gasteiger partial charge in [0, 0.05) is 17.1 Å². The molecule has 0 atom stereocenters. The van der Waals surface area contributed by atoms with Crippen LogP contribution in [0.1, 0.15) is 5.69 Å². The van der Waals surface area contributed by atoms with E-state index in [-0.39, 0.29) is 0 Å². The van der Waals surface area contributed by atoms with Crippen LogP contribution in [0.25, 0.3) is 11.1 Å². The van der Waals surface area contributed by atoms with Crippen molar-refractivity contribution in [3.8, 4) is 11.1 Å². The first-order valence-electron chi connectivity index (χ1n) is 4.20. The smallest absolute Gasteiger partial charge is 0.131 e.